The van der Waals surface area contributed by atoms with Crippen LogP contribution in [0.1, 0.15) is 56.9 Å². The van der Waals surface area contributed by atoms with Crippen LogP contribution in [0.25, 0.3) is 0 Å². The number of hydrogen-bond acceptors (Lipinski definition) is 3. The first-order valence-corrected chi connectivity index (χ1v) is 7.35. The smallest absolute Gasteiger partial charge is 0.226 e. The van der Waals surface area contributed by atoms with Crippen molar-refractivity contribution in [1.82, 2.24) is 10.5 Å². The lowest BCUT2D eigenvalue weighted by molar-refractivity contribution is -0.121. The fraction of sp³-hybridized carbons (Fsp3) is 0.733. The SMILES string of the molecule is Cc1cc(CC(=O)N[C@H](C)CC2CCCCC2)no1. The topological polar surface area (TPSA) is 55.1 Å². The summed E-state index contributed by atoms with van der Waals surface area (Å²) < 4.78 is 4.96. The second kappa shape index (κ2) is 6.73. The summed E-state index contributed by atoms with van der Waals surface area (Å²) in [6.07, 6.45) is 8.14. The number of carbonyl (C=O) groups excluding carboxylic acids is 1. The van der Waals surface area contributed by atoms with Crippen molar-refractivity contribution in [2.75, 3.05) is 0 Å². The first-order valence-electron chi connectivity index (χ1n) is 7.35. The lowest BCUT2D eigenvalue weighted by atomic mass is 9.85. The van der Waals surface area contributed by atoms with Crippen LogP contribution in [0.5, 0.6) is 0 Å². The molecule has 0 aromatic carbocycles. The summed E-state index contributed by atoms with van der Waals surface area (Å²) in [5.41, 5.74) is 0.708. The molecule has 2 rings (SSSR count). The minimum atomic E-state index is 0.0385. The highest BCUT2D eigenvalue weighted by Gasteiger charge is 2.18. The van der Waals surface area contributed by atoms with Gasteiger partial charge in [0.05, 0.1) is 12.1 Å². The van der Waals surface area contributed by atoms with E-state index in [9.17, 15) is 4.79 Å². The third kappa shape index (κ3) is 4.69. The molecule has 1 N–H and O–H groups in total. The maximum absolute atomic E-state index is 11.9. The van der Waals surface area contributed by atoms with E-state index in [1.165, 1.54) is 32.1 Å². The lowest BCUT2D eigenvalue weighted by Crippen LogP contribution is -2.35. The molecule has 1 aliphatic carbocycles. The van der Waals surface area contributed by atoms with Crippen molar-refractivity contribution in [2.24, 2.45) is 5.92 Å². The van der Waals surface area contributed by atoms with Crippen LogP contribution in [0.4, 0.5) is 0 Å². The maximum atomic E-state index is 11.9. The Balaban J connectivity index is 1.71. The van der Waals surface area contributed by atoms with Crippen molar-refractivity contribution < 1.29 is 9.32 Å². The molecule has 1 fully saturated rings. The molecule has 1 saturated carbocycles. The van der Waals surface area contributed by atoms with Crippen LogP contribution in [0, 0.1) is 12.8 Å². The Bertz CT molecular complexity index is 408. The van der Waals surface area contributed by atoms with Crippen molar-refractivity contribution in [3.05, 3.63) is 17.5 Å². The number of aromatic nitrogens is 1. The molecule has 0 saturated heterocycles. The normalized spacial score (nSPS) is 18.2. The van der Waals surface area contributed by atoms with Crippen LogP contribution in [-0.4, -0.2) is 17.1 Å². The molecular weight excluding hydrogens is 240 g/mol. The van der Waals surface area contributed by atoms with Gasteiger partial charge in [-0.25, -0.2) is 0 Å². The third-order valence-electron chi connectivity index (χ3n) is 3.84. The highest BCUT2D eigenvalue weighted by Crippen LogP contribution is 2.27. The van der Waals surface area contributed by atoms with E-state index in [1.54, 1.807) is 0 Å². The zero-order chi connectivity index (χ0) is 13.7. The average Bonchev–Trinajstić information content (AvgIpc) is 2.75. The number of amides is 1. The molecule has 1 amide bonds. The second-order valence-corrected chi connectivity index (χ2v) is 5.81. The molecular formula is C15H24N2O2. The number of hydrogen-bond donors (Lipinski definition) is 1. The quantitative estimate of drug-likeness (QED) is 0.889. The van der Waals surface area contributed by atoms with Gasteiger partial charge in [0.1, 0.15) is 5.76 Å². The molecule has 1 aromatic rings. The van der Waals surface area contributed by atoms with Crippen molar-refractivity contribution in [2.45, 2.75) is 64.8 Å². The molecule has 0 aliphatic heterocycles. The summed E-state index contributed by atoms with van der Waals surface area (Å²) in [6, 6.07) is 2.06. The molecule has 1 aromatic heterocycles. The summed E-state index contributed by atoms with van der Waals surface area (Å²) in [4.78, 5) is 11.9. The summed E-state index contributed by atoms with van der Waals surface area (Å²) in [6.45, 7) is 3.93. The molecule has 4 heteroatoms. The Kier molecular flexibility index (Phi) is 5.00. The number of carbonyl (C=O) groups is 1. The number of aryl methyl sites for hydroxylation is 1. The van der Waals surface area contributed by atoms with Crippen molar-refractivity contribution in [1.29, 1.82) is 0 Å². The second-order valence-electron chi connectivity index (χ2n) is 5.81. The van der Waals surface area contributed by atoms with Crippen molar-refractivity contribution in [3.8, 4) is 0 Å². The van der Waals surface area contributed by atoms with E-state index in [0.717, 1.165) is 18.1 Å². The molecule has 4 nitrogen and oxygen atoms in total. The largest absolute Gasteiger partial charge is 0.361 e. The highest BCUT2D eigenvalue weighted by molar-refractivity contribution is 5.78. The predicted octanol–water partition coefficient (Wildman–Crippen LogP) is 3.00. The molecule has 0 radical (unpaired) electrons. The predicted molar refractivity (Wildman–Crippen MR) is 73.7 cm³/mol. The first kappa shape index (κ1) is 14.1. The molecule has 19 heavy (non-hydrogen) atoms. The van der Waals surface area contributed by atoms with Gasteiger partial charge in [-0.05, 0) is 26.2 Å². The van der Waals surface area contributed by atoms with E-state index in [2.05, 4.69) is 17.4 Å². The van der Waals surface area contributed by atoms with E-state index < -0.39 is 0 Å². The van der Waals surface area contributed by atoms with E-state index >= 15 is 0 Å². The Hall–Kier alpha value is -1.32. The van der Waals surface area contributed by atoms with Gasteiger partial charge in [0.15, 0.2) is 0 Å². The highest BCUT2D eigenvalue weighted by atomic mass is 16.5. The van der Waals surface area contributed by atoms with Gasteiger partial charge in [0.25, 0.3) is 0 Å². The molecule has 1 heterocycles. The van der Waals surface area contributed by atoms with Crippen molar-refractivity contribution in [3.63, 3.8) is 0 Å². The van der Waals surface area contributed by atoms with E-state index in [4.69, 9.17) is 4.52 Å². The minimum absolute atomic E-state index is 0.0385. The van der Waals surface area contributed by atoms with Crippen LogP contribution < -0.4 is 5.32 Å². The molecule has 106 valence electrons. The van der Waals surface area contributed by atoms with Gasteiger partial charge < -0.3 is 9.84 Å². The molecule has 0 spiro atoms. The fourth-order valence-electron chi connectivity index (χ4n) is 2.97. The molecule has 0 unspecified atom stereocenters. The average molecular weight is 264 g/mol. The first-order chi connectivity index (χ1) is 9.13. The van der Waals surface area contributed by atoms with Crippen molar-refractivity contribution >= 4 is 5.91 Å². The maximum Gasteiger partial charge on any atom is 0.226 e. The van der Waals surface area contributed by atoms with Crippen LogP contribution in [0.15, 0.2) is 10.6 Å². The molecule has 0 bridgehead atoms. The van der Waals surface area contributed by atoms with Crippen LogP contribution in [-0.2, 0) is 11.2 Å². The van der Waals surface area contributed by atoms with Gasteiger partial charge in [-0.15, -0.1) is 0 Å². The Morgan fingerprint density at radius 3 is 2.84 bits per heavy atom. The summed E-state index contributed by atoms with van der Waals surface area (Å²) in [7, 11) is 0. The van der Waals surface area contributed by atoms with E-state index in [0.29, 0.717) is 12.1 Å². The number of nitrogens with zero attached hydrogens (tertiary/aromatic N) is 1. The van der Waals surface area contributed by atoms with Crippen LogP contribution in [0.2, 0.25) is 0 Å². The summed E-state index contributed by atoms with van der Waals surface area (Å²) in [5.74, 6) is 1.58. The summed E-state index contributed by atoms with van der Waals surface area (Å²) >= 11 is 0. The lowest BCUT2D eigenvalue weighted by Gasteiger charge is -2.25. The van der Waals surface area contributed by atoms with Gasteiger partial charge >= 0.3 is 0 Å². The Morgan fingerprint density at radius 2 is 2.21 bits per heavy atom. The third-order valence-corrected chi connectivity index (χ3v) is 3.84. The Labute approximate surface area is 114 Å². The fourth-order valence-corrected chi connectivity index (χ4v) is 2.97. The van der Waals surface area contributed by atoms with Crippen LogP contribution >= 0.6 is 0 Å². The minimum Gasteiger partial charge on any atom is -0.361 e. The van der Waals surface area contributed by atoms with Gasteiger partial charge in [-0.3, -0.25) is 4.79 Å². The zero-order valence-corrected chi connectivity index (χ0v) is 11.9. The molecule has 1 atom stereocenters. The van der Waals surface area contributed by atoms with Gasteiger partial charge in [-0.2, -0.15) is 0 Å². The molecule has 1 aliphatic rings. The summed E-state index contributed by atoms with van der Waals surface area (Å²) in [5, 5.41) is 6.91. The van der Waals surface area contributed by atoms with Gasteiger partial charge in [-0.1, -0.05) is 37.3 Å². The van der Waals surface area contributed by atoms with Crippen LogP contribution in [0.3, 0.4) is 0 Å². The monoisotopic (exact) mass is 264 g/mol. The van der Waals surface area contributed by atoms with E-state index in [1.807, 2.05) is 13.0 Å². The van der Waals surface area contributed by atoms with E-state index in [-0.39, 0.29) is 11.9 Å². The van der Waals surface area contributed by atoms with Gasteiger partial charge in [0.2, 0.25) is 5.91 Å². The number of nitrogens with one attached hydrogen (secondary N) is 1. The Morgan fingerprint density at radius 1 is 1.47 bits per heavy atom. The van der Waals surface area contributed by atoms with Gasteiger partial charge in [0, 0.05) is 12.1 Å². The standard InChI is InChI=1S/C15H24N2O2/c1-11(8-13-6-4-3-5-7-13)16-15(18)10-14-9-12(2)19-17-14/h9,11,13H,3-8,10H2,1-2H3,(H,16,18)/t11-/m1/s1. The zero-order valence-electron chi connectivity index (χ0n) is 11.9. The number of rotatable bonds is 5.